The third-order valence-corrected chi connectivity index (χ3v) is 4.83. The van der Waals surface area contributed by atoms with Gasteiger partial charge in [0.1, 0.15) is 0 Å². The lowest BCUT2D eigenvalue weighted by atomic mass is 10.2. The molecule has 3 aromatic rings. The number of thiazole rings is 1. The molecule has 1 aromatic carbocycles. The summed E-state index contributed by atoms with van der Waals surface area (Å²) < 4.78 is 7.32. The zero-order valence-electron chi connectivity index (χ0n) is 12.4. The van der Waals surface area contributed by atoms with Crippen molar-refractivity contribution in [3.05, 3.63) is 34.3 Å². The summed E-state index contributed by atoms with van der Waals surface area (Å²) in [5, 5.41) is 13.1. The fraction of sp³-hybridized carbons (Fsp3) is 0.267. The van der Waals surface area contributed by atoms with Crippen LogP contribution in [0.4, 0.5) is 11.1 Å². The number of hydrogen-bond acceptors (Lipinski definition) is 6. The molecule has 0 radical (unpaired) electrons. The minimum absolute atomic E-state index is 0.226. The predicted molar refractivity (Wildman–Crippen MR) is 86.4 cm³/mol. The van der Waals surface area contributed by atoms with Crippen LogP contribution in [0.5, 0.6) is 0 Å². The number of aromatic nitrogens is 3. The number of imidazole rings is 1. The topological polar surface area (TPSA) is 89.3 Å². The van der Waals surface area contributed by atoms with Gasteiger partial charge in [-0.25, -0.2) is 14.8 Å². The predicted octanol–water partition coefficient (Wildman–Crippen LogP) is 2.54. The number of benzene rings is 1. The molecule has 0 aliphatic carbocycles. The molecule has 0 atom stereocenters. The van der Waals surface area contributed by atoms with E-state index in [-0.39, 0.29) is 5.56 Å². The van der Waals surface area contributed by atoms with Crippen molar-refractivity contribution in [3.8, 4) is 0 Å². The first kappa shape index (κ1) is 14.2. The summed E-state index contributed by atoms with van der Waals surface area (Å²) in [5.41, 5.74) is 2.81. The summed E-state index contributed by atoms with van der Waals surface area (Å²) in [6.07, 6.45) is 0.831. The molecule has 8 heteroatoms. The second-order valence-electron chi connectivity index (χ2n) is 5.32. The SMILES string of the molecule is Cn1c(Nc2nc3c(s2)COCC3)nc2cc(C(=O)O)ccc21. The minimum atomic E-state index is -0.959. The maximum atomic E-state index is 11.1. The minimum Gasteiger partial charge on any atom is -0.478 e. The van der Waals surface area contributed by atoms with Crippen LogP contribution in [0, 0.1) is 0 Å². The Morgan fingerprint density at radius 1 is 1.43 bits per heavy atom. The zero-order chi connectivity index (χ0) is 16.0. The number of carboxylic acids is 1. The Balaban J connectivity index is 1.69. The van der Waals surface area contributed by atoms with E-state index in [0.29, 0.717) is 24.7 Å². The van der Waals surface area contributed by atoms with Gasteiger partial charge < -0.3 is 19.7 Å². The van der Waals surface area contributed by atoms with Crippen LogP contribution >= 0.6 is 11.3 Å². The number of aryl methyl sites for hydroxylation is 1. The van der Waals surface area contributed by atoms with E-state index < -0.39 is 5.97 Å². The van der Waals surface area contributed by atoms with Gasteiger partial charge >= 0.3 is 5.97 Å². The fourth-order valence-electron chi connectivity index (χ4n) is 2.62. The first-order valence-corrected chi connectivity index (χ1v) is 7.96. The van der Waals surface area contributed by atoms with Crippen molar-refractivity contribution in [2.24, 2.45) is 7.05 Å². The van der Waals surface area contributed by atoms with Crippen LogP contribution in [0.3, 0.4) is 0 Å². The monoisotopic (exact) mass is 330 g/mol. The summed E-state index contributed by atoms with van der Waals surface area (Å²) >= 11 is 1.56. The van der Waals surface area contributed by atoms with Crippen molar-refractivity contribution in [1.29, 1.82) is 0 Å². The molecule has 2 N–H and O–H groups in total. The number of hydrogen-bond donors (Lipinski definition) is 2. The summed E-state index contributed by atoms with van der Waals surface area (Å²) in [4.78, 5) is 21.3. The van der Waals surface area contributed by atoms with Gasteiger partial charge in [0.15, 0.2) is 5.13 Å². The van der Waals surface area contributed by atoms with Gasteiger partial charge in [0.25, 0.3) is 0 Å². The molecule has 7 nitrogen and oxygen atoms in total. The molecule has 1 aliphatic rings. The largest absolute Gasteiger partial charge is 0.478 e. The first-order valence-electron chi connectivity index (χ1n) is 7.15. The van der Waals surface area contributed by atoms with Crippen LogP contribution in [-0.4, -0.2) is 32.2 Å². The maximum Gasteiger partial charge on any atom is 0.335 e. The van der Waals surface area contributed by atoms with Crippen molar-refractivity contribution < 1.29 is 14.6 Å². The quantitative estimate of drug-likeness (QED) is 0.767. The standard InChI is InChI=1S/C15H14N4O3S/c1-19-11-3-2-8(13(20)21)6-10(11)16-14(19)18-15-17-9-4-5-22-7-12(9)23-15/h2-3,6H,4-5,7H2,1H3,(H,20,21)(H,16,17,18). The summed E-state index contributed by atoms with van der Waals surface area (Å²) in [7, 11) is 1.88. The van der Waals surface area contributed by atoms with Gasteiger partial charge in [-0.1, -0.05) is 11.3 Å². The van der Waals surface area contributed by atoms with Gasteiger partial charge in [-0.05, 0) is 18.2 Å². The Labute approximate surface area is 135 Å². The first-order chi connectivity index (χ1) is 11.1. The average molecular weight is 330 g/mol. The second kappa shape index (κ2) is 5.32. The van der Waals surface area contributed by atoms with E-state index in [2.05, 4.69) is 15.3 Å². The number of nitrogens with zero attached hydrogens (tertiary/aromatic N) is 3. The number of aromatic carboxylic acids is 1. The van der Waals surface area contributed by atoms with Gasteiger partial charge in [0.05, 0.1) is 40.4 Å². The van der Waals surface area contributed by atoms with E-state index in [4.69, 9.17) is 9.84 Å². The van der Waals surface area contributed by atoms with Gasteiger partial charge in [0.2, 0.25) is 5.95 Å². The zero-order valence-corrected chi connectivity index (χ0v) is 13.2. The molecule has 23 heavy (non-hydrogen) atoms. The highest BCUT2D eigenvalue weighted by Gasteiger charge is 2.17. The molecule has 0 amide bonds. The van der Waals surface area contributed by atoms with Gasteiger partial charge in [0, 0.05) is 13.5 Å². The van der Waals surface area contributed by atoms with E-state index in [1.807, 2.05) is 11.6 Å². The van der Waals surface area contributed by atoms with E-state index in [1.54, 1.807) is 29.5 Å². The van der Waals surface area contributed by atoms with Crippen molar-refractivity contribution in [2.45, 2.75) is 13.0 Å². The molecule has 0 spiro atoms. The van der Waals surface area contributed by atoms with Crippen molar-refractivity contribution in [3.63, 3.8) is 0 Å². The smallest absolute Gasteiger partial charge is 0.335 e. The van der Waals surface area contributed by atoms with Crippen LogP contribution in [0.1, 0.15) is 20.9 Å². The summed E-state index contributed by atoms with van der Waals surface area (Å²) in [6, 6.07) is 4.91. The van der Waals surface area contributed by atoms with E-state index in [0.717, 1.165) is 27.6 Å². The van der Waals surface area contributed by atoms with Crippen LogP contribution in [0.25, 0.3) is 11.0 Å². The summed E-state index contributed by atoms with van der Waals surface area (Å²) in [5.74, 6) is -0.325. The van der Waals surface area contributed by atoms with Crippen LogP contribution in [0.15, 0.2) is 18.2 Å². The molecule has 2 aromatic heterocycles. The maximum absolute atomic E-state index is 11.1. The number of rotatable bonds is 3. The van der Waals surface area contributed by atoms with E-state index in [9.17, 15) is 4.79 Å². The van der Waals surface area contributed by atoms with Gasteiger partial charge in [-0.2, -0.15) is 0 Å². The van der Waals surface area contributed by atoms with Crippen molar-refractivity contribution in [1.82, 2.24) is 14.5 Å². The highest BCUT2D eigenvalue weighted by molar-refractivity contribution is 7.15. The average Bonchev–Trinajstić information content (AvgIpc) is 3.08. The lowest BCUT2D eigenvalue weighted by molar-refractivity contribution is 0.0697. The van der Waals surface area contributed by atoms with E-state index >= 15 is 0 Å². The molecule has 0 bridgehead atoms. The molecule has 4 rings (SSSR count). The molecule has 0 saturated carbocycles. The Morgan fingerprint density at radius 3 is 3.09 bits per heavy atom. The summed E-state index contributed by atoms with van der Waals surface area (Å²) in [6.45, 7) is 1.32. The number of nitrogens with one attached hydrogen (secondary N) is 1. The highest BCUT2D eigenvalue weighted by Crippen LogP contribution is 2.30. The third kappa shape index (κ3) is 2.45. The molecule has 1 aliphatic heterocycles. The number of anilines is 2. The lowest BCUT2D eigenvalue weighted by Crippen LogP contribution is -2.07. The Bertz CT molecular complexity index is 891. The molecule has 0 unspecified atom stereocenters. The Morgan fingerprint density at radius 2 is 2.30 bits per heavy atom. The molecule has 3 heterocycles. The Hall–Kier alpha value is -2.45. The number of fused-ring (bicyclic) bond motifs is 2. The fourth-order valence-corrected chi connectivity index (χ4v) is 3.56. The number of carbonyl (C=O) groups is 1. The van der Waals surface area contributed by atoms with Crippen LogP contribution < -0.4 is 5.32 Å². The van der Waals surface area contributed by atoms with Gasteiger partial charge in [-0.15, -0.1) is 0 Å². The Kier molecular flexibility index (Phi) is 3.28. The third-order valence-electron chi connectivity index (χ3n) is 3.84. The molecule has 0 saturated heterocycles. The number of ether oxygens (including phenoxy) is 1. The molecule has 0 fully saturated rings. The van der Waals surface area contributed by atoms with Crippen LogP contribution in [-0.2, 0) is 24.8 Å². The van der Waals surface area contributed by atoms with Crippen molar-refractivity contribution in [2.75, 3.05) is 11.9 Å². The van der Waals surface area contributed by atoms with Gasteiger partial charge in [-0.3, -0.25) is 0 Å². The van der Waals surface area contributed by atoms with E-state index in [1.165, 1.54) is 0 Å². The lowest BCUT2D eigenvalue weighted by Gasteiger charge is -2.08. The number of carboxylic acid groups (broad SMARTS) is 1. The second-order valence-corrected chi connectivity index (χ2v) is 6.40. The normalized spacial score (nSPS) is 14.0. The molecular weight excluding hydrogens is 316 g/mol. The molecular formula is C15H14N4O3S. The van der Waals surface area contributed by atoms with Crippen molar-refractivity contribution >= 4 is 39.4 Å². The molecule has 118 valence electrons. The highest BCUT2D eigenvalue weighted by atomic mass is 32.1. The van der Waals surface area contributed by atoms with Crippen LogP contribution in [0.2, 0.25) is 0 Å².